The molecule has 0 spiro atoms. The van der Waals surface area contributed by atoms with Gasteiger partial charge in [-0.05, 0) is 0 Å². The number of nitrogens with zero attached hydrogens (tertiary/aromatic N) is 4. The molecule has 1 saturated heterocycles. The van der Waals surface area contributed by atoms with Gasteiger partial charge >= 0.3 is 12.4 Å². The van der Waals surface area contributed by atoms with E-state index in [-0.39, 0.29) is 23.1 Å². The molecule has 3 heterocycles. The van der Waals surface area contributed by atoms with E-state index in [1.165, 1.54) is 4.90 Å². The topological polar surface area (TPSA) is 70.7 Å². The Morgan fingerprint density at radius 3 is 2.50 bits per heavy atom. The number of alkyl halides is 6. The van der Waals surface area contributed by atoms with E-state index in [4.69, 9.17) is 5.11 Å². The zero-order chi connectivity index (χ0) is 19.3. The number of aliphatic hydroxyl groups excluding tert-OH is 1. The summed E-state index contributed by atoms with van der Waals surface area (Å²) in [5.74, 6) is -1.94. The van der Waals surface area contributed by atoms with Crippen LogP contribution in [-0.2, 0) is 24.1 Å². The number of likely N-dealkylation sites (tertiary alicyclic amines) is 1. The predicted molar refractivity (Wildman–Crippen MR) is 76.2 cm³/mol. The van der Waals surface area contributed by atoms with Gasteiger partial charge in [0.1, 0.15) is 5.01 Å². The molecule has 1 aliphatic heterocycles. The summed E-state index contributed by atoms with van der Waals surface area (Å²) in [6.07, 6.45) is -10.6. The maximum atomic E-state index is 13.4. The highest BCUT2D eigenvalue weighted by Gasteiger charge is 2.43. The van der Waals surface area contributed by atoms with Crippen LogP contribution in [-0.4, -0.2) is 49.7 Å². The van der Waals surface area contributed by atoms with Crippen molar-refractivity contribution in [2.45, 2.75) is 31.9 Å². The second-order valence-corrected chi connectivity index (χ2v) is 6.95. The van der Waals surface area contributed by atoms with Crippen molar-refractivity contribution in [3.05, 3.63) is 16.4 Å². The van der Waals surface area contributed by atoms with Gasteiger partial charge in [0.2, 0.25) is 4.96 Å². The summed E-state index contributed by atoms with van der Waals surface area (Å²) < 4.78 is 78.1. The number of Topliss-reactive ketones (excluding diaryl/α,β-unsaturated/α-hetero) is 1. The van der Waals surface area contributed by atoms with Gasteiger partial charge in [0.15, 0.2) is 11.5 Å². The first kappa shape index (κ1) is 19.0. The summed E-state index contributed by atoms with van der Waals surface area (Å²) in [4.78, 5) is 16.7. The number of fused-ring (bicyclic) bond motifs is 1. The number of halogens is 6. The molecule has 0 amide bonds. The number of aromatic nitrogens is 3. The van der Waals surface area contributed by atoms with Crippen molar-refractivity contribution in [1.82, 2.24) is 19.5 Å². The number of hydrogen-bond donors (Lipinski definition) is 1. The fraction of sp³-hybridized carbons (Fsp3) is 0.615. The molecule has 2 aromatic rings. The smallest absolute Gasteiger partial charge is 0.389 e. The molecule has 1 fully saturated rings. The van der Waals surface area contributed by atoms with Gasteiger partial charge in [-0.1, -0.05) is 11.3 Å². The minimum Gasteiger partial charge on any atom is -0.389 e. The minimum absolute atomic E-state index is 0.0474. The van der Waals surface area contributed by atoms with Gasteiger partial charge in [0.05, 0.1) is 25.3 Å². The van der Waals surface area contributed by atoms with Crippen LogP contribution >= 0.6 is 11.3 Å². The van der Waals surface area contributed by atoms with E-state index in [0.29, 0.717) is 4.52 Å². The average molecular weight is 402 g/mol. The average Bonchev–Trinajstić information content (AvgIpc) is 3.09. The Morgan fingerprint density at radius 1 is 1.23 bits per heavy atom. The molecule has 144 valence electrons. The molecule has 0 aliphatic carbocycles. The predicted octanol–water partition coefficient (Wildman–Crippen LogP) is 2.26. The first-order valence-electron chi connectivity index (χ1n) is 7.35. The van der Waals surface area contributed by atoms with E-state index in [9.17, 15) is 31.1 Å². The third kappa shape index (κ3) is 3.83. The van der Waals surface area contributed by atoms with E-state index < -0.39 is 55.0 Å². The highest BCUT2D eigenvalue weighted by atomic mass is 32.1. The van der Waals surface area contributed by atoms with Gasteiger partial charge in [-0.3, -0.25) is 9.69 Å². The van der Waals surface area contributed by atoms with E-state index in [1.807, 2.05) is 0 Å². The number of ketones is 1. The molecule has 0 bridgehead atoms. The Hall–Kier alpha value is -1.73. The van der Waals surface area contributed by atoms with E-state index in [2.05, 4.69) is 10.1 Å². The quantitative estimate of drug-likeness (QED) is 0.795. The van der Waals surface area contributed by atoms with Crippen LogP contribution in [0.3, 0.4) is 0 Å². The van der Waals surface area contributed by atoms with Crippen molar-refractivity contribution in [1.29, 1.82) is 0 Å². The molecule has 1 unspecified atom stereocenters. The monoisotopic (exact) mass is 402 g/mol. The SMILES string of the molecule is O=C1CN(Cc2nc3sc(CO)nn3c2C(F)(F)F)CC1CC(F)(F)F. The third-order valence-electron chi connectivity index (χ3n) is 3.89. The highest BCUT2D eigenvalue weighted by Crippen LogP contribution is 2.35. The Morgan fingerprint density at radius 2 is 1.92 bits per heavy atom. The van der Waals surface area contributed by atoms with Crippen LogP contribution in [0.4, 0.5) is 26.3 Å². The Balaban J connectivity index is 1.85. The van der Waals surface area contributed by atoms with Crippen molar-refractivity contribution in [3.63, 3.8) is 0 Å². The Kier molecular flexibility index (Phi) is 4.73. The Bertz CT molecular complexity index is 827. The van der Waals surface area contributed by atoms with Gasteiger partial charge in [0, 0.05) is 19.0 Å². The molecule has 1 N–H and O–H groups in total. The Labute approximate surface area is 146 Å². The molecule has 3 rings (SSSR count). The largest absolute Gasteiger partial charge is 0.435 e. The van der Waals surface area contributed by atoms with Crippen LogP contribution < -0.4 is 0 Å². The number of imidazole rings is 1. The van der Waals surface area contributed by atoms with Gasteiger partial charge in [-0.2, -0.15) is 36.0 Å². The summed E-state index contributed by atoms with van der Waals surface area (Å²) in [6.45, 7) is -1.60. The second kappa shape index (κ2) is 6.46. The van der Waals surface area contributed by atoms with Gasteiger partial charge in [0.25, 0.3) is 0 Å². The van der Waals surface area contributed by atoms with E-state index >= 15 is 0 Å². The lowest BCUT2D eigenvalue weighted by molar-refractivity contribution is -0.150. The lowest BCUT2D eigenvalue weighted by Crippen LogP contribution is -2.24. The van der Waals surface area contributed by atoms with Crippen molar-refractivity contribution < 1.29 is 36.2 Å². The van der Waals surface area contributed by atoms with Crippen LogP contribution in [0.2, 0.25) is 0 Å². The summed E-state index contributed by atoms with van der Waals surface area (Å²) in [6, 6.07) is 0. The number of rotatable bonds is 4. The number of aliphatic hydroxyl groups is 1. The number of carbonyl (C=O) groups is 1. The van der Waals surface area contributed by atoms with E-state index in [0.717, 1.165) is 11.3 Å². The van der Waals surface area contributed by atoms with Crippen LogP contribution in [0.15, 0.2) is 0 Å². The highest BCUT2D eigenvalue weighted by molar-refractivity contribution is 7.16. The first-order valence-corrected chi connectivity index (χ1v) is 8.17. The zero-order valence-corrected chi connectivity index (χ0v) is 13.7. The maximum absolute atomic E-state index is 13.4. The summed E-state index contributed by atoms with van der Waals surface area (Å²) >= 11 is 0.772. The number of carbonyl (C=O) groups excluding carboxylic acids is 1. The maximum Gasteiger partial charge on any atom is 0.435 e. The fourth-order valence-electron chi connectivity index (χ4n) is 2.91. The van der Waals surface area contributed by atoms with Gasteiger partial charge < -0.3 is 5.11 Å². The number of hydrogen-bond acceptors (Lipinski definition) is 6. The first-order chi connectivity index (χ1) is 12.0. The molecule has 13 heteroatoms. The normalized spacial score (nSPS) is 19.8. The fourth-order valence-corrected chi connectivity index (χ4v) is 3.68. The third-order valence-corrected chi connectivity index (χ3v) is 4.78. The minimum atomic E-state index is -4.80. The summed E-state index contributed by atoms with van der Waals surface area (Å²) in [5, 5.41) is 12.7. The van der Waals surface area contributed by atoms with Crippen molar-refractivity contribution in [2.75, 3.05) is 13.1 Å². The zero-order valence-electron chi connectivity index (χ0n) is 12.9. The summed E-state index contributed by atoms with van der Waals surface area (Å²) in [5.41, 5.74) is -1.57. The molecule has 1 aliphatic rings. The molecule has 0 radical (unpaired) electrons. The van der Waals surface area contributed by atoms with Crippen LogP contribution in [0, 0.1) is 5.92 Å². The molecular formula is C13H12F6N4O2S. The van der Waals surface area contributed by atoms with Crippen LogP contribution in [0.1, 0.15) is 22.8 Å². The lowest BCUT2D eigenvalue weighted by atomic mass is 10.0. The van der Waals surface area contributed by atoms with E-state index in [1.54, 1.807) is 0 Å². The second-order valence-electron chi connectivity index (χ2n) is 5.91. The van der Waals surface area contributed by atoms with Crippen LogP contribution in [0.5, 0.6) is 0 Å². The van der Waals surface area contributed by atoms with Crippen molar-refractivity contribution in [3.8, 4) is 0 Å². The molecule has 0 saturated carbocycles. The molecule has 6 nitrogen and oxygen atoms in total. The van der Waals surface area contributed by atoms with Gasteiger partial charge in [-0.15, -0.1) is 0 Å². The summed E-state index contributed by atoms with van der Waals surface area (Å²) in [7, 11) is 0. The molecule has 0 aromatic carbocycles. The van der Waals surface area contributed by atoms with Crippen LogP contribution in [0.25, 0.3) is 4.96 Å². The molecule has 1 atom stereocenters. The van der Waals surface area contributed by atoms with Crippen molar-refractivity contribution in [2.24, 2.45) is 5.92 Å². The van der Waals surface area contributed by atoms with Crippen molar-refractivity contribution >= 4 is 22.1 Å². The standard InChI is InChI=1S/C13H12F6N4O2S/c14-12(15,16)1-6-2-22(4-8(6)25)3-7-10(13(17,18)19)23-11(20-7)26-9(5-24)21-23/h6,24H,1-5H2. The molecule has 2 aromatic heterocycles. The molecular weight excluding hydrogens is 390 g/mol. The van der Waals surface area contributed by atoms with Gasteiger partial charge in [-0.25, -0.2) is 4.98 Å². The molecule has 26 heavy (non-hydrogen) atoms. The lowest BCUT2D eigenvalue weighted by Gasteiger charge is -2.16.